The van der Waals surface area contributed by atoms with E-state index >= 15 is 0 Å². The van der Waals surface area contributed by atoms with Crippen molar-refractivity contribution in [1.82, 2.24) is 10.2 Å². The molecule has 4 atom stereocenters. The average Bonchev–Trinajstić information content (AvgIpc) is 2.48. The van der Waals surface area contributed by atoms with E-state index in [1.807, 2.05) is 7.11 Å². The molecule has 2 rings (SSSR count). The molecular weight excluding hydrogens is 252 g/mol. The fourth-order valence-electron chi connectivity index (χ4n) is 4.07. The van der Waals surface area contributed by atoms with Gasteiger partial charge in [-0.15, -0.1) is 0 Å². The first kappa shape index (κ1) is 16.2. The molecule has 0 radical (unpaired) electrons. The van der Waals surface area contributed by atoms with E-state index in [-0.39, 0.29) is 12.1 Å². The summed E-state index contributed by atoms with van der Waals surface area (Å²) in [6.45, 7) is 7.85. The monoisotopic (exact) mass is 284 g/mol. The van der Waals surface area contributed by atoms with Crippen molar-refractivity contribution >= 4 is 0 Å². The first-order chi connectivity index (χ1) is 9.64. The van der Waals surface area contributed by atoms with Crippen molar-refractivity contribution in [3.8, 4) is 0 Å². The van der Waals surface area contributed by atoms with Crippen LogP contribution in [0.1, 0.15) is 46.0 Å². The summed E-state index contributed by atoms with van der Waals surface area (Å²) < 4.78 is 5.64. The van der Waals surface area contributed by atoms with Gasteiger partial charge in [-0.1, -0.05) is 13.8 Å². The van der Waals surface area contributed by atoms with Crippen molar-refractivity contribution in [2.75, 3.05) is 33.4 Å². The SMILES string of the molecule is CCNC1(CO)CCCC(N2CCC(C)C(OC)C2)C1. The van der Waals surface area contributed by atoms with Crippen LogP contribution in [0.25, 0.3) is 0 Å². The molecule has 4 heteroatoms. The molecule has 0 aromatic rings. The lowest BCUT2D eigenvalue weighted by Crippen LogP contribution is -2.58. The van der Waals surface area contributed by atoms with Gasteiger partial charge < -0.3 is 15.2 Å². The molecule has 1 aliphatic carbocycles. The third-order valence-electron chi connectivity index (χ3n) is 5.41. The molecule has 1 heterocycles. The molecule has 0 aromatic carbocycles. The van der Waals surface area contributed by atoms with Gasteiger partial charge in [-0.05, 0) is 51.1 Å². The standard InChI is InChI=1S/C16H32N2O2/c1-4-17-16(12-19)8-5-6-14(10-16)18-9-7-13(2)15(11-18)20-3/h13-15,17,19H,4-12H2,1-3H3. The molecule has 4 unspecified atom stereocenters. The van der Waals surface area contributed by atoms with Gasteiger partial charge in [0, 0.05) is 25.2 Å². The number of hydrogen-bond donors (Lipinski definition) is 2. The normalized spacial score (nSPS) is 39.9. The van der Waals surface area contributed by atoms with Crippen molar-refractivity contribution in [1.29, 1.82) is 0 Å². The number of likely N-dealkylation sites (tertiary alicyclic amines) is 1. The van der Waals surface area contributed by atoms with Crippen LogP contribution in [0.3, 0.4) is 0 Å². The van der Waals surface area contributed by atoms with Crippen molar-refractivity contribution in [3.63, 3.8) is 0 Å². The first-order valence-corrected chi connectivity index (χ1v) is 8.27. The Morgan fingerprint density at radius 3 is 2.85 bits per heavy atom. The Balaban J connectivity index is 1.98. The van der Waals surface area contributed by atoms with Gasteiger partial charge in [-0.25, -0.2) is 0 Å². The van der Waals surface area contributed by atoms with Crippen molar-refractivity contribution < 1.29 is 9.84 Å². The summed E-state index contributed by atoms with van der Waals surface area (Å²) in [6, 6.07) is 0.597. The van der Waals surface area contributed by atoms with Gasteiger partial charge in [0.2, 0.25) is 0 Å². The van der Waals surface area contributed by atoms with E-state index < -0.39 is 0 Å². The Bertz CT molecular complexity index is 296. The maximum absolute atomic E-state index is 9.82. The fraction of sp³-hybridized carbons (Fsp3) is 1.00. The van der Waals surface area contributed by atoms with Gasteiger partial charge >= 0.3 is 0 Å². The maximum Gasteiger partial charge on any atom is 0.0724 e. The molecule has 1 saturated carbocycles. The molecule has 118 valence electrons. The Labute approximate surface area is 123 Å². The minimum Gasteiger partial charge on any atom is -0.394 e. The lowest BCUT2D eigenvalue weighted by Gasteiger charge is -2.47. The van der Waals surface area contributed by atoms with Gasteiger partial charge in [0.1, 0.15) is 0 Å². The molecule has 4 nitrogen and oxygen atoms in total. The molecule has 2 fully saturated rings. The topological polar surface area (TPSA) is 44.7 Å². The third-order valence-corrected chi connectivity index (χ3v) is 5.41. The van der Waals surface area contributed by atoms with Gasteiger partial charge in [0.05, 0.1) is 12.7 Å². The summed E-state index contributed by atoms with van der Waals surface area (Å²) in [4.78, 5) is 2.61. The van der Waals surface area contributed by atoms with E-state index in [1.54, 1.807) is 0 Å². The molecule has 0 amide bonds. The van der Waals surface area contributed by atoms with E-state index in [2.05, 4.69) is 24.1 Å². The Kier molecular flexibility index (Phi) is 5.84. The van der Waals surface area contributed by atoms with Crippen molar-refractivity contribution in [2.24, 2.45) is 5.92 Å². The number of aliphatic hydroxyl groups excluding tert-OH is 1. The number of nitrogens with zero attached hydrogens (tertiary/aromatic N) is 1. The van der Waals surface area contributed by atoms with Crippen LogP contribution in [0.5, 0.6) is 0 Å². The predicted octanol–water partition coefficient (Wildman–Crippen LogP) is 1.63. The second-order valence-electron chi connectivity index (χ2n) is 6.75. The number of methoxy groups -OCH3 is 1. The summed E-state index contributed by atoms with van der Waals surface area (Å²) in [6.07, 6.45) is 6.24. The van der Waals surface area contributed by atoms with Crippen LogP contribution in [-0.2, 0) is 4.74 Å². The highest BCUT2D eigenvalue weighted by Crippen LogP contribution is 2.33. The number of piperidine rings is 1. The number of aliphatic hydroxyl groups is 1. The Morgan fingerprint density at radius 2 is 2.20 bits per heavy atom. The first-order valence-electron chi connectivity index (χ1n) is 8.27. The van der Waals surface area contributed by atoms with Gasteiger partial charge in [-0.3, -0.25) is 4.90 Å². The Hall–Kier alpha value is -0.160. The minimum atomic E-state index is -0.0523. The number of hydrogen-bond acceptors (Lipinski definition) is 4. The quantitative estimate of drug-likeness (QED) is 0.805. The molecule has 0 bridgehead atoms. The van der Waals surface area contributed by atoms with Crippen LogP contribution in [-0.4, -0.2) is 61.0 Å². The van der Waals surface area contributed by atoms with Crippen molar-refractivity contribution in [3.05, 3.63) is 0 Å². The predicted molar refractivity (Wildman–Crippen MR) is 81.9 cm³/mol. The number of likely N-dealkylation sites (N-methyl/N-ethyl adjacent to an activating group) is 1. The summed E-state index contributed by atoms with van der Waals surface area (Å²) in [7, 11) is 1.84. The average molecular weight is 284 g/mol. The molecule has 0 aromatic heterocycles. The van der Waals surface area contributed by atoms with Crippen LogP contribution in [0.2, 0.25) is 0 Å². The van der Waals surface area contributed by atoms with Crippen LogP contribution in [0.4, 0.5) is 0 Å². The van der Waals surface area contributed by atoms with Crippen molar-refractivity contribution in [2.45, 2.75) is 63.6 Å². The minimum absolute atomic E-state index is 0.0523. The summed E-state index contributed by atoms with van der Waals surface area (Å²) in [5, 5.41) is 13.4. The number of rotatable bonds is 5. The maximum atomic E-state index is 9.82. The molecule has 1 aliphatic heterocycles. The van der Waals surface area contributed by atoms with E-state index in [0.29, 0.717) is 18.1 Å². The zero-order chi connectivity index (χ0) is 14.6. The summed E-state index contributed by atoms with van der Waals surface area (Å²) in [5.74, 6) is 0.663. The largest absolute Gasteiger partial charge is 0.394 e. The molecule has 1 saturated heterocycles. The molecule has 2 aliphatic rings. The van der Waals surface area contributed by atoms with E-state index in [0.717, 1.165) is 25.9 Å². The highest BCUT2D eigenvalue weighted by atomic mass is 16.5. The molecule has 2 N–H and O–H groups in total. The fourth-order valence-corrected chi connectivity index (χ4v) is 4.07. The number of ether oxygens (including phenoxy) is 1. The smallest absolute Gasteiger partial charge is 0.0724 e. The molecule has 20 heavy (non-hydrogen) atoms. The van der Waals surface area contributed by atoms with Crippen LogP contribution < -0.4 is 5.32 Å². The van der Waals surface area contributed by atoms with E-state index in [4.69, 9.17) is 4.74 Å². The van der Waals surface area contributed by atoms with Gasteiger partial charge in [0.15, 0.2) is 0 Å². The molecule has 0 spiro atoms. The summed E-state index contributed by atoms with van der Waals surface area (Å²) in [5.41, 5.74) is -0.0523. The Morgan fingerprint density at radius 1 is 1.40 bits per heavy atom. The second-order valence-corrected chi connectivity index (χ2v) is 6.75. The second kappa shape index (κ2) is 7.21. The highest BCUT2D eigenvalue weighted by Gasteiger charge is 2.39. The highest BCUT2D eigenvalue weighted by molar-refractivity contribution is 4.97. The number of nitrogens with one attached hydrogen (secondary N) is 1. The zero-order valence-corrected chi connectivity index (χ0v) is 13.4. The van der Waals surface area contributed by atoms with Crippen LogP contribution >= 0.6 is 0 Å². The zero-order valence-electron chi connectivity index (χ0n) is 13.4. The van der Waals surface area contributed by atoms with E-state index in [1.165, 1.54) is 25.8 Å². The van der Waals surface area contributed by atoms with Crippen LogP contribution in [0.15, 0.2) is 0 Å². The summed E-state index contributed by atoms with van der Waals surface area (Å²) >= 11 is 0. The third kappa shape index (κ3) is 3.53. The molecular formula is C16H32N2O2. The van der Waals surface area contributed by atoms with E-state index in [9.17, 15) is 5.11 Å². The van der Waals surface area contributed by atoms with Crippen LogP contribution in [0, 0.1) is 5.92 Å². The van der Waals surface area contributed by atoms with Gasteiger partial charge in [0.25, 0.3) is 0 Å². The lowest BCUT2D eigenvalue weighted by molar-refractivity contribution is -0.0347. The van der Waals surface area contributed by atoms with Gasteiger partial charge in [-0.2, -0.15) is 0 Å². The lowest BCUT2D eigenvalue weighted by atomic mass is 9.78.